The summed E-state index contributed by atoms with van der Waals surface area (Å²) in [5.41, 5.74) is 2.10. The fraction of sp³-hybridized carbons (Fsp3) is 0.318. The largest absolute Gasteiger partial charge is 0.497 e. The first-order valence-electron chi connectivity index (χ1n) is 10.0. The topological polar surface area (TPSA) is 79.6 Å². The van der Waals surface area contributed by atoms with Gasteiger partial charge in [-0.1, -0.05) is 5.16 Å². The zero-order valence-corrected chi connectivity index (χ0v) is 17.9. The van der Waals surface area contributed by atoms with Gasteiger partial charge in [0.05, 0.1) is 19.3 Å². The number of likely N-dealkylation sites (tertiary alicyclic amines) is 1. The number of fused-ring (bicyclic) bond motifs is 1. The summed E-state index contributed by atoms with van der Waals surface area (Å²) in [5.74, 6) is 0.585. The van der Waals surface area contributed by atoms with Crippen LogP contribution in [0, 0.1) is 5.82 Å². The van der Waals surface area contributed by atoms with Crippen molar-refractivity contribution in [2.75, 3.05) is 32.1 Å². The number of benzene rings is 2. The zero-order valence-electron chi connectivity index (χ0n) is 17.1. The molecule has 31 heavy (non-hydrogen) atoms. The lowest BCUT2D eigenvalue weighted by molar-refractivity contribution is -0.131. The van der Waals surface area contributed by atoms with Gasteiger partial charge >= 0.3 is 0 Å². The minimum atomic E-state index is -0.345. The minimum Gasteiger partial charge on any atom is -0.497 e. The highest BCUT2D eigenvalue weighted by Gasteiger charge is 2.27. The summed E-state index contributed by atoms with van der Waals surface area (Å²) in [6.45, 7) is 1.37. The van der Waals surface area contributed by atoms with Crippen molar-refractivity contribution in [1.29, 1.82) is 0 Å². The molecular weight excluding hydrogens is 419 g/mol. The number of hydrogen-bond donors (Lipinski definition) is 2. The highest BCUT2D eigenvalue weighted by molar-refractivity contribution is 7.80. The molecule has 1 aliphatic rings. The number of carbonyl (C=O) groups excluding carboxylic acids is 1. The Hall–Kier alpha value is -3.20. The lowest BCUT2D eigenvalue weighted by Crippen LogP contribution is -2.44. The number of nitrogens with zero attached hydrogens (tertiary/aromatic N) is 2. The van der Waals surface area contributed by atoms with Crippen molar-refractivity contribution in [2.24, 2.45) is 0 Å². The van der Waals surface area contributed by atoms with Crippen LogP contribution in [0.4, 0.5) is 10.1 Å². The first kappa shape index (κ1) is 21.0. The van der Waals surface area contributed by atoms with Gasteiger partial charge in [-0.3, -0.25) is 4.79 Å². The van der Waals surface area contributed by atoms with E-state index in [2.05, 4.69) is 15.8 Å². The molecule has 2 N–H and O–H groups in total. The predicted octanol–water partition coefficient (Wildman–Crippen LogP) is 3.67. The molecule has 1 aliphatic heterocycles. The maximum absolute atomic E-state index is 13.4. The normalized spacial score (nSPS) is 14.5. The number of rotatable bonds is 5. The molecule has 0 bridgehead atoms. The number of thiocarbonyl (C=S) groups is 1. The number of methoxy groups -OCH3 is 1. The van der Waals surface area contributed by atoms with E-state index in [1.807, 2.05) is 29.2 Å². The summed E-state index contributed by atoms with van der Waals surface area (Å²) in [6.07, 6.45) is 1.55. The van der Waals surface area contributed by atoms with Crippen molar-refractivity contribution >= 4 is 39.9 Å². The molecule has 0 atom stereocenters. The van der Waals surface area contributed by atoms with E-state index in [-0.39, 0.29) is 24.2 Å². The predicted molar refractivity (Wildman–Crippen MR) is 120 cm³/mol. The summed E-state index contributed by atoms with van der Waals surface area (Å²) in [5, 5.41) is 11.4. The molecule has 0 spiro atoms. The number of aromatic nitrogens is 1. The standard InChI is InChI=1S/C22H23FN4O3S/c1-29-17-5-3-16(4-6-17)25-22(31)24-13-20(28)27-10-8-14(9-11-27)21-18-7-2-15(23)12-19(18)30-26-21/h2-7,12,14H,8-11,13H2,1H3,(H2,24,25,31). The van der Waals surface area contributed by atoms with E-state index in [1.54, 1.807) is 13.2 Å². The van der Waals surface area contributed by atoms with E-state index in [1.165, 1.54) is 12.1 Å². The molecule has 1 saturated heterocycles. The average Bonchev–Trinajstić information content (AvgIpc) is 3.21. The molecule has 4 rings (SSSR count). The first-order valence-corrected chi connectivity index (χ1v) is 10.5. The molecule has 3 aromatic rings. The van der Waals surface area contributed by atoms with Crippen LogP contribution in [0.1, 0.15) is 24.5 Å². The molecule has 1 fully saturated rings. The van der Waals surface area contributed by atoms with Crippen molar-refractivity contribution in [3.63, 3.8) is 0 Å². The summed E-state index contributed by atoms with van der Waals surface area (Å²) in [7, 11) is 1.61. The molecule has 1 aromatic heterocycles. The molecule has 0 unspecified atom stereocenters. The second-order valence-corrected chi connectivity index (χ2v) is 7.81. The van der Waals surface area contributed by atoms with E-state index in [0.717, 1.165) is 35.4 Å². The monoisotopic (exact) mass is 442 g/mol. The number of piperidine rings is 1. The summed E-state index contributed by atoms with van der Waals surface area (Å²) in [6, 6.07) is 11.8. The minimum absolute atomic E-state index is 0.00980. The second-order valence-electron chi connectivity index (χ2n) is 7.40. The number of hydrogen-bond acceptors (Lipinski definition) is 5. The number of ether oxygens (including phenoxy) is 1. The SMILES string of the molecule is COc1ccc(NC(=S)NCC(=O)N2CCC(c3noc4cc(F)ccc34)CC2)cc1. The van der Waals surface area contributed by atoms with E-state index in [9.17, 15) is 9.18 Å². The van der Waals surface area contributed by atoms with Crippen LogP contribution >= 0.6 is 12.2 Å². The summed E-state index contributed by atoms with van der Waals surface area (Å²) < 4.78 is 23.8. The van der Waals surface area contributed by atoms with E-state index in [0.29, 0.717) is 23.8 Å². The second kappa shape index (κ2) is 9.30. The fourth-order valence-electron chi connectivity index (χ4n) is 3.74. The molecule has 0 radical (unpaired) electrons. The van der Waals surface area contributed by atoms with Crippen LogP contribution in [0.2, 0.25) is 0 Å². The lowest BCUT2D eigenvalue weighted by Gasteiger charge is -2.31. The molecule has 2 aromatic carbocycles. The molecule has 1 amide bonds. The average molecular weight is 443 g/mol. The van der Waals surface area contributed by atoms with Crippen LogP contribution in [0.3, 0.4) is 0 Å². The quantitative estimate of drug-likeness (QED) is 0.584. The first-order chi connectivity index (χ1) is 15.0. The number of halogens is 1. The van der Waals surface area contributed by atoms with Gasteiger partial charge in [0.15, 0.2) is 10.7 Å². The maximum Gasteiger partial charge on any atom is 0.241 e. The molecule has 7 nitrogen and oxygen atoms in total. The third kappa shape index (κ3) is 4.93. The van der Waals surface area contributed by atoms with Crippen molar-refractivity contribution in [1.82, 2.24) is 15.4 Å². The highest BCUT2D eigenvalue weighted by Crippen LogP contribution is 2.32. The Kier molecular flexibility index (Phi) is 6.31. The van der Waals surface area contributed by atoms with Crippen LogP contribution in [0.15, 0.2) is 47.0 Å². The zero-order chi connectivity index (χ0) is 21.8. The Labute approximate surface area is 184 Å². The van der Waals surface area contributed by atoms with Crippen LogP contribution in [0.5, 0.6) is 5.75 Å². The lowest BCUT2D eigenvalue weighted by atomic mass is 9.91. The van der Waals surface area contributed by atoms with Gasteiger partial charge in [-0.05, 0) is 61.5 Å². The Morgan fingerprint density at radius 3 is 2.71 bits per heavy atom. The Morgan fingerprint density at radius 1 is 1.26 bits per heavy atom. The van der Waals surface area contributed by atoms with Gasteiger partial charge in [0.1, 0.15) is 11.6 Å². The molecule has 162 valence electrons. The van der Waals surface area contributed by atoms with Crippen molar-refractivity contribution in [3.8, 4) is 5.75 Å². The van der Waals surface area contributed by atoms with Gasteiger partial charge in [0, 0.05) is 36.1 Å². The van der Waals surface area contributed by atoms with E-state index < -0.39 is 0 Å². The van der Waals surface area contributed by atoms with Crippen molar-refractivity contribution in [2.45, 2.75) is 18.8 Å². The highest BCUT2D eigenvalue weighted by atomic mass is 32.1. The van der Waals surface area contributed by atoms with Crippen molar-refractivity contribution in [3.05, 3.63) is 54.0 Å². The van der Waals surface area contributed by atoms with E-state index >= 15 is 0 Å². The molecule has 0 saturated carbocycles. The summed E-state index contributed by atoms with van der Waals surface area (Å²) in [4.78, 5) is 14.4. The van der Waals surface area contributed by atoms with E-state index in [4.69, 9.17) is 21.5 Å². The van der Waals surface area contributed by atoms with Gasteiger partial charge < -0.3 is 24.8 Å². The van der Waals surface area contributed by atoms with Gasteiger partial charge in [0.2, 0.25) is 5.91 Å². The number of carbonyl (C=O) groups is 1. The van der Waals surface area contributed by atoms with Gasteiger partial charge in [-0.15, -0.1) is 0 Å². The Balaban J connectivity index is 1.25. The Bertz CT molecular complexity index is 1080. The summed E-state index contributed by atoms with van der Waals surface area (Å²) >= 11 is 5.27. The Morgan fingerprint density at radius 2 is 2.00 bits per heavy atom. The smallest absolute Gasteiger partial charge is 0.241 e. The molecule has 2 heterocycles. The fourth-order valence-corrected chi connectivity index (χ4v) is 3.93. The van der Waals surface area contributed by atoms with Gasteiger partial charge in [-0.25, -0.2) is 4.39 Å². The van der Waals surface area contributed by atoms with Crippen LogP contribution < -0.4 is 15.4 Å². The third-order valence-electron chi connectivity index (χ3n) is 5.44. The van der Waals surface area contributed by atoms with Crippen LogP contribution in [-0.4, -0.2) is 47.8 Å². The number of amides is 1. The van der Waals surface area contributed by atoms with Gasteiger partial charge in [0.25, 0.3) is 0 Å². The third-order valence-corrected chi connectivity index (χ3v) is 5.69. The molecule has 0 aliphatic carbocycles. The van der Waals surface area contributed by atoms with Crippen molar-refractivity contribution < 1.29 is 18.4 Å². The maximum atomic E-state index is 13.4. The van der Waals surface area contributed by atoms with Crippen LogP contribution in [0.25, 0.3) is 11.0 Å². The molecular formula is C22H23FN4O3S. The number of anilines is 1. The molecule has 9 heteroatoms. The van der Waals surface area contributed by atoms with Gasteiger partial charge in [-0.2, -0.15) is 0 Å². The number of nitrogens with one attached hydrogen (secondary N) is 2. The van der Waals surface area contributed by atoms with Crippen LogP contribution in [-0.2, 0) is 4.79 Å².